The van der Waals surface area contributed by atoms with Crippen molar-refractivity contribution >= 4 is 0 Å². The molecule has 0 spiro atoms. The van der Waals surface area contributed by atoms with E-state index in [9.17, 15) is 4.91 Å². The van der Waals surface area contributed by atoms with Gasteiger partial charge in [-0.25, -0.2) is 0 Å². The minimum Gasteiger partial charge on any atom is -0.358 e. The van der Waals surface area contributed by atoms with Crippen molar-refractivity contribution in [2.24, 2.45) is 16.6 Å². The zero-order valence-electron chi connectivity index (χ0n) is 9.58. The van der Waals surface area contributed by atoms with E-state index in [2.05, 4.69) is 10.9 Å². The van der Waals surface area contributed by atoms with Crippen LogP contribution in [0.15, 0.2) is 5.18 Å². The summed E-state index contributed by atoms with van der Waals surface area (Å²) in [5.41, 5.74) is 14.3. The summed E-state index contributed by atoms with van der Waals surface area (Å²) in [6.07, 6.45) is 5.04. The van der Waals surface area contributed by atoms with Crippen LogP contribution < -0.4 is 17.2 Å². The van der Waals surface area contributed by atoms with E-state index in [-0.39, 0.29) is 0 Å². The highest BCUT2D eigenvalue weighted by Gasteiger charge is 2.29. The minimum absolute atomic E-state index is 0.434. The maximum atomic E-state index is 11.0. The second kappa shape index (κ2) is 8.76. The van der Waals surface area contributed by atoms with Gasteiger partial charge in [-0.15, -0.1) is 0 Å². The minimum atomic E-state index is -0.434. The van der Waals surface area contributed by atoms with Gasteiger partial charge in [-0.2, -0.15) is 4.91 Å². The fraction of sp³-hybridized carbons (Fsp3) is 1.00. The van der Waals surface area contributed by atoms with Crippen LogP contribution in [0.5, 0.6) is 0 Å². The van der Waals surface area contributed by atoms with Crippen molar-refractivity contribution in [3.05, 3.63) is 4.91 Å². The summed E-state index contributed by atoms with van der Waals surface area (Å²) in [6.45, 7) is 2.08. The van der Waals surface area contributed by atoms with Crippen LogP contribution in [0.4, 0.5) is 0 Å². The van der Waals surface area contributed by atoms with Gasteiger partial charge in [0.1, 0.15) is 5.54 Å². The number of nitrogens with zero attached hydrogens (tertiary/aromatic N) is 1. The average Bonchev–Trinajstić information content (AvgIpc) is 2.29. The Morgan fingerprint density at radius 3 is 1.80 bits per heavy atom. The first-order valence-electron chi connectivity index (χ1n) is 5.78. The molecule has 0 aliphatic heterocycles. The van der Waals surface area contributed by atoms with E-state index in [1.54, 1.807) is 0 Å². The predicted molar refractivity (Wildman–Crippen MR) is 62.1 cm³/mol. The highest BCUT2D eigenvalue weighted by Crippen LogP contribution is 2.28. The largest absolute Gasteiger partial charge is 0.358 e. The van der Waals surface area contributed by atoms with E-state index in [0.29, 0.717) is 13.1 Å². The monoisotopic (exact) mass is 217 g/mol. The maximum absolute atomic E-state index is 11.0. The van der Waals surface area contributed by atoms with Crippen LogP contribution in [0.3, 0.4) is 0 Å². The van der Waals surface area contributed by atoms with E-state index in [1.165, 1.54) is 0 Å². The molecule has 0 aromatic rings. The predicted octanol–water partition coefficient (Wildman–Crippen LogP) is -0.00850. The molecule has 0 aromatic carbocycles. The lowest BCUT2D eigenvalue weighted by Crippen LogP contribution is -2.50. The molecule has 0 saturated heterocycles. The summed E-state index contributed by atoms with van der Waals surface area (Å²) in [5.74, 6) is 0. The molecule has 0 aliphatic carbocycles. The van der Waals surface area contributed by atoms with Gasteiger partial charge in [-0.1, -0.05) is 5.18 Å². The molecule has 0 amide bonds. The first-order chi connectivity index (χ1) is 7.24. The summed E-state index contributed by atoms with van der Waals surface area (Å²) < 4.78 is 0. The van der Waals surface area contributed by atoms with Gasteiger partial charge in [0.25, 0.3) is 0 Å². The van der Waals surface area contributed by atoms with Gasteiger partial charge in [-0.05, 0) is 51.6 Å². The van der Waals surface area contributed by atoms with E-state index in [0.717, 1.165) is 45.1 Å². The molecule has 5 nitrogen and oxygen atoms in total. The molecule has 0 heterocycles. The Balaban J connectivity index is 4.23. The van der Waals surface area contributed by atoms with Crippen molar-refractivity contribution in [2.75, 3.05) is 19.6 Å². The van der Waals surface area contributed by atoms with Crippen LogP contribution in [0.2, 0.25) is 0 Å². The first kappa shape index (κ1) is 14.5. The number of nitroso groups, excluding NO2 is 1. The highest BCUT2D eigenvalue weighted by molar-refractivity contribution is 4.87. The molecular formula is C10H25N4O+. The zero-order valence-corrected chi connectivity index (χ0v) is 9.58. The van der Waals surface area contributed by atoms with Crippen molar-refractivity contribution in [1.29, 1.82) is 0 Å². The van der Waals surface area contributed by atoms with Crippen LogP contribution in [-0.4, -0.2) is 25.2 Å². The van der Waals surface area contributed by atoms with Crippen molar-refractivity contribution in [3.8, 4) is 0 Å². The molecule has 0 aliphatic rings. The quantitative estimate of drug-likeness (QED) is 0.448. The van der Waals surface area contributed by atoms with Crippen LogP contribution in [0.1, 0.15) is 38.5 Å². The van der Waals surface area contributed by atoms with Gasteiger partial charge in [0, 0.05) is 0 Å². The fourth-order valence-electron chi connectivity index (χ4n) is 1.83. The molecule has 0 saturated carbocycles. The fourth-order valence-corrected chi connectivity index (χ4v) is 1.83. The van der Waals surface area contributed by atoms with Gasteiger partial charge in [0.2, 0.25) is 0 Å². The summed E-state index contributed by atoms with van der Waals surface area (Å²) in [7, 11) is 0. The van der Waals surface area contributed by atoms with E-state index < -0.39 is 5.54 Å². The van der Waals surface area contributed by atoms with Crippen molar-refractivity contribution in [3.63, 3.8) is 0 Å². The van der Waals surface area contributed by atoms with Gasteiger partial charge >= 0.3 is 0 Å². The number of hydrogen-bond acceptors (Lipinski definition) is 4. The number of rotatable bonds is 10. The number of hydrogen-bond donors (Lipinski definition) is 3. The Kier molecular flexibility index (Phi) is 8.46. The lowest BCUT2D eigenvalue weighted by molar-refractivity contribution is -0.368. The third-order valence-corrected chi connectivity index (χ3v) is 2.78. The molecule has 0 bridgehead atoms. The summed E-state index contributed by atoms with van der Waals surface area (Å²) in [4.78, 5) is 11.0. The average molecular weight is 217 g/mol. The second-order valence-electron chi connectivity index (χ2n) is 4.06. The molecule has 0 fully saturated rings. The first-order valence-corrected chi connectivity index (χ1v) is 5.78. The van der Waals surface area contributed by atoms with Crippen LogP contribution in [-0.2, 0) is 0 Å². The molecule has 15 heavy (non-hydrogen) atoms. The number of nitrogens with two attached hydrogens (primary N) is 2. The lowest BCUT2D eigenvalue weighted by atomic mass is 9.84. The number of quaternary nitrogens is 1. The Labute approximate surface area is 91.7 Å². The van der Waals surface area contributed by atoms with Gasteiger partial charge < -0.3 is 17.2 Å². The van der Waals surface area contributed by atoms with E-state index >= 15 is 0 Å². The topological polar surface area (TPSA) is 109 Å². The highest BCUT2D eigenvalue weighted by atomic mass is 16.3. The lowest BCUT2D eigenvalue weighted by Gasteiger charge is -2.25. The van der Waals surface area contributed by atoms with Crippen LogP contribution >= 0.6 is 0 Å². The summed E-state index contributed by atoms with van der Waals surface area (Å²) in [5, 5.41) is 3.34. The van der Waals surface area contributed by atoms with Gasteiger partial charge in [0.05, 0.1) is 6.54 Å². The van der Waals surface area contributed by atoms with Gasteiger partial charge in [-0.3, -0.25) is 0 Å². The smallest absolute Gasteiger partial charge is 0.103 e. The second-order valence-corrected chi connectivity index (χ2v) is 4.06. The van der Waals surface area contributed by atoms with E-state index in [1.807, 2.05) is 0 Å². The third kappa shape index (κ3) is 5.81. The van der Waals surface area contributed by atoms with Crippen LogP contribution in [0.25, 0.3) is 0 Å². The molecule has 0 radical (unpaired) electrons. The Morgan fingerprint density at radius 2 is 1.47 bits per heavy atom. The van der Waals surface area contributed by atoms with Crippen molar-refractivity contribution in [2.45, 2.75) is 44.1 Å². The molecule has 0 rings (SSSR count). The summed E-state index contributed by atoms with van der Waals surface area (Å²) >= 11 is 0. The third-order valence-electron chi connectivity index (χ3n) is 2.78. The maximum Gasteiger partial charge on any atom is 0.103 e. The molecule has 0 unspecified atom stereocenters. The molecular weight excluding hydrogens is 192 g/mol. The van der Waals surface area contributed by atoms with Crippen LogP contribution in [0, 0.1) is 4.91 Å². The Bertz CT molecular complexity index is 142. The Morgan fingerprint density at radius 1 is 1.00 bits per heavy atom. The normalized spacial score (nSPS) is 11.7. The van der Waals surface area contributed by atoms with Crippen molar-refractivity contribution in [1.82, 2.24) is 0 Å². The van der Waals surface area contributed by atoms with E-state index in [4.69, 9.17) is 11.5 Å². The molecule has 0 aromatic heterocycles. The standard InChI is InChI=1S/C10H24N4O/c11-7-1-4-10(14-15,5-2-8-12)6-3-9-13/h1-9,11-13H2/p+1. The zero-order chi connectivity index (χ0) is 11.6. The SMILES string of the molecule is NCCCC(CCCN)(CCC[NH3+])N=O. The molecule has 7 N–H and O–H groups in total. The molecule has 0 atom stereocenters. The van der Waals surface area contributed by atoms with Gasteiger partial charge in [0.15, 0.2) is 0 Å². The molecule has 90 valence electrons. The summed E-state index contributed by atoms with van der Waals surface area (Å²) in [6, 6.07) is 0. The van der Waals surface area contributed by atoms with Crippen molar-refractivity contribution < 1.29 is 5.73 Å². The molecule has 5 heteroatoms. The Hall–Kier alpha value is -0.520.